The zero-order valence-corrected chi connectivity index (χ0v) is 16.1. The molecule has 1 aromatic heterocycles. The van der Waals surface area contributed by atoms with Gasteiger partial charge in [-0.05, 0) is 36.4 Å². The molecule has 0 bridgehead atoms. The molecule has 0 radical (unpaired) electrons. The van der Waals surface area contributed by atoms with Gasteiger partial charge < -0.3 is 10.1 Å². The Morgan fingerprint density at radius 2 is 1.86 bits per heavy atom. The molecule has 1 amide bonds. The largest absolute Gasteiger partial charge is 0.497 e. The minimum absolute atomic E-state index is 0.386. The van der Waals surface area contributed by atoms with Crippen molar-refractivity contribution in [3.63, 3.8) is 0 Å². The first kappa shape index (κ1) is 19.4. The van der Waals surface area contributed by atoms with E-state index in [9.17, 15) is 18.0 Å². The number of methoxy groups -OCH3 is 1. The van der Waals surface area contributed by atoms with Gasteiger partial charge in [0.05, 0.1) is 29.6 Å². The third-order valence-electron chi connectivity index (χ3n) is 4.58. The molecule has 0 fully saturated rings. The first-order valence-electron chi connectivity index (χ1n) is 8.69. The number of benzene rings is 2. The van der Waals surface area contributed by atoms with E-state index in [1.54, 1.807) is 47.8 Å². The average Bonchev–Trinajstić information content (AvgIpc) is 3.30. The van der Waals surface area contributed by atoms with Crippen LogP contribution in [0.3, 0.4) is 0 Å². The summed E-state index contributed by atoms with van der Waals surface area (Å²) in [6.07, 6.45) is -4.62. The number of amides is 1. The Morgan fingerprint density at radius 1 is 1.14 bits per heavy atom. The fourth-order valence-electron chi connectivity index (χ4n) is 3.15. The highest BCUT2D eigenvalue weighted by atomic mass is 32.2. The summed E-state index contributed by atoms with van der Waals surface area (Å²) in [5.41, 5.74) is 0.902. The van der Waals surface area contributed by atoms with Gasteiger partial charge in [-0.2, -0.15) is 30.0 Å². The fraction of sp³-hybridized carbons (Fsp3) is 0.200. The van der Waals surface area contributed by atoms with Gasteiger partial charge in [-0.3, -0.25) is 4.79 Å². The molecule has 150 valence electrons. The van der Waals surface area contributed by atoms with Crippen LogP contribution in [-0.4, -0.2) is 22.8 Å². The molecular weight excluding hydrogens is 403 g/mol. The van der Waals surface area contributed by atoms with Crippen molar-refractivity contribution in [3.8, 4) is 11.4 Å². The summed E-state index contributed by atoms with van der Waals surface area (Å²) < 4.78 is 46.6. The van der Waals surface area contributed by atoms with Crippen LogP contribution in [0.25, 0.3) is 5.69 Å². The maximum Gasteiger partial charge on any atom is 0.417 e. The molecular formula is C20H16F3N3O2S. The third kappa shape index (κ3) is 3.69. The molecule has 3 aromatic rings. The number of halogens is 3. The highest BCUT2D eigenvalue weighted by Gasteiger charge is 2.35. The number of carbonyl (C=O) groups is 1. The Balaban J connectivity index is 1.73. The van der Waals surface area contributed by atoms with Crippen molar-refractivity contribution < 1.29 is 22.7 Å². The molecule has 1 N–H and O–H groups in total. The van der Waals surface area contributed by atoms with Gasteiger partial charge >= 0.3 is 6.18 Å². The molecule has 9 heteroatoms. The van der Waals surface area contributed by atoms with Crippen molar-refractivity contribution in [1.29, 1.82) is 0 Å². The number of hydrogen-bond acceptors (Lipinski definition) is 4. The number of hydrogen-bond donors (Lipinski definition) is 1. The second kappa shape index (κ2) is 7.47. The molecule has 2 aromatic carbocycles. The van der Waals surface area contributed by atoms with Gasteiger partial charge in [0, 0.05) is 17.1 Å². The number of nitrogens with one attached hydrogen (secondary N) is 1. The number of nitrogens with zero attached hydrogens (tertiary/aromatic N) is 2. The predicted molar refractivity (Wildman–Crippen MR) is 105 cm³/mol. The molecule has 0 saturated heterocycles. The topological polar surface area (TPSA) is 56.1 Å². The molecule has 0 aliphatic carbocycles. The van der Waals surface area contributed by atoms with Crippen molar-refractivity contribution in [1.82, 2.24) is 9.78 Å². The maximum atomic E-state index is 13.3. The van der Waals surface area contributed by atoms with Gasteiger partial charge in [0.15, 0.2) is 0 Å². The van der Waals surface area contributed by atoms with Gasteiger partial charge in [-0.15, -0.1) is 0 Å². The summed E-state index contributed by atoms with van der Waals surface area (Å²) in [4.78, 5) is 12.8. The Kier molecular flexibility index (Phi) is 4.99. The maximum absolute atomic E-state index is 13.3. The van der Waals surface area contributed by atoms with Crippen LogP contribution in [0.2, 0.25) is 0 Å². The number of thioether (sulfide) groups is 1. The monoisotopic (exact) mass is 419 g/mol. The summed E-state index contributed by atoms with van der Waals surface area (Å²) >= 11 is 1.64. The molecule has 29 heavy (non-hydrogen) atoms. The van der Waals surface area contributed by atoms with Crippen molar-refractivity contribution in [2.24, 2.45) is 0 Å². The number of alkyl halides is 3. The summed E-state index contributed by atoms with van der Waals surface area (Å²) in [5.74, 6) is 1.53. The molecule has 0 saturated carbocycles. The van der Waals surface area contributed by atoms with Gasteiger partial charge in [0.25, 0.3) is 5.91 Å². The summed E-state index contributed by atoms with van der Waals surface area (Å²) in [6.45, 7) is 0. The van der Waals surface area contributed by atoms with E-state index < -0.39 is 23.2 Å². The zero-order chi connectivity index (χ0) is 20.6. The minimum atomic E-state index is -4.62. The lowest BCUT2D eigenvalue weighted by Gasteiger charge is -2.14. The molecule has 2 heterocycles. The highest BCUT2D eigenvalue weighted by molar-refractivity contribution is 7.98. The molecule has 1 aliphatic heterocycles. The number of carbonyl (C=O) groups excluding carboxylic acids is 1. The van der Waals surface area contributed by atoms with Crippen LogP contribution in [-0.2, 0) is 17.7 Å². The van der Waals surface area contributed by atoms with Crippen LogP contribution in [0.15, 0.2) is 48.5 Å². The normalized spacial score (nSPS) is 13.2. The molecule has 0 atom stereocenters. The Hall–Kier alpha value is -2.94. The van der Waals surface area contributed by atoms with E-state index in [4.69, 9.17) is 4.74 Å². The van der Waals surface area contributed by atoms with E-state index in [0.29, 0.717) is 28.8 Å². The van der Waals surface area contributed by atoms with Crippen LogP contribution in [0.1, 0.15) is 27.2 Å². The number of aromatic nitrogens is 2. The quantitative estimate of drug-likeness (QED) is 0.654. The van der Waals surface area contributed by atoms with Gasteiger partial charge in [-0.1, -0.05) is 12.1 Å². The molecule has 0 unspecified atom stereocenters. The molecule has 4 rings (SSSR count). The third-order valence-corrected chi connectivity index (χ3v) is 5.55. The Labute approximate surface area is 168 Å². The van der Waals surface area contributed by atoms with Crippen molar-refractivity contribution in [2.45, 2.75) is 17.7 Å². The first-order chi connectivity index (χ1) is 13.9. The van der Waals surface area contributed by atoms with Gasteiger partial charge in [-0.25, -0.2) is 4.68 Å². The highest BCUT2D eigenvalue weighted by Crippen LogP contribution is 2.37. The van der Waals surface area contributed by atoms with Gasteiger partial charge in [0.1, 0.15) is 11.6 Å². The standard InChI is InChI=1S/C20H16F3N3O2S/c1-28-13-8-6-12(7-9-13)26-18(15-10-29-11-17(15)25-26)24-19(27)14-4-2-3-5-16(14)20(21,22)23/h2-9H,10-11H2,1H3,(H,24,27). The van der Waals surface area contributed by atoms with Crippen LogP contribution >= 0.6 is 11.8 Å². The van der Waals surface area contributed by atoms with E-state index in [2.05, 4.69) is 10.4 Å². The second-order valence-corrected chi connectivity index (χ2v) is 7.36. The molecule has 1 aliphatic rings. The van der Waals surface area contributed by atoms with Crippen LogP contribution in [0.4, 0.5) is 19.0 Å². The Morgan fingerprint density at radius 3 is 2.55 bits per heavy atom. The number of fused-ring (bicyclic) bond motifs is 1. The minimum Gasteiger partial charge on any atom is -0.497 e. The lowest BCUT2D eigenvalue weighted by atomic mass is 10.1. The zero-order valence-electron chi connectivity index (χ0n) is 15.3. The predicted octanol–water partition coefficient (Wildman–Crippen LogP) is 4.90. The van der Waals surface area contributed by atoms with E-state index in [1.807, 2.05) is 0 Å². The van der Waals surface area contributed by atoms with Crippen LogP contribution < -0.4 is 10.1 Å². The fourth-order valence-corrected chi connectivity index (χ4v) is 4.19. The smallest absolute Gasteiger partial charge is 0.417 e. The summed E-state index contributed by atoms with van der Waals surface area (Å²) in [5, 5.41) is 7.22. The van der Waals surface area contributed by atoms with E-state index in [0.717, 1.165) is 17.3 Å². The van der Waals surface area contributed by atoms with Crippen molar-refractivity contribution in [3.05, 3.63) is 70.9 Å². The van der Waals surface area contributed by atoms with Gasteiger partial charge in [0.2, 0.25) is 0 Å². The van der Waals surface area contributed by atoms with Crippen molar-refractivity contribution in [2.75, 3.05) is 12.4 Å². The molecule has 0 spiro atoms. The lowest BCUT2D eigenvalue weighted by molar-refractivity contribution is -0.137. The second-order valence-electron chi connectivity index (χ2n) is 6.37. The average molecular weight is 419 g/mol. The summed E-state index contributed by atoms with van der Waals surface area (Å²) in [6, 6.07) is 11.8. The van der Waals surface area contributed by atoms with Crippen LogP contribution in [0.5, 0.6) is 5.75 Å². The number of ether oxygens (including phenoxy) is 1. The van der Waals surface area contributed by atoms with E-state index in [1.165, 1.54) is 18.2 Å². The Bertz CT molecular complexity index is 1060. The van der Waals surface area contributed by atoms with Crippen LogP contribution in [0, 0.1) is 0 Å². The summed E-state index contributed by atoms with van der Waals surface area (Å²) in [7, 11) is 1.55. The molecule has 5 nitrogen and oxygen atoms in total. The number of anilines is 1. The SMILES string of the molecule is COc1ccc(-n2nc3c(c2NC(=O)c2ccccc2C(F)(F)F)CSC3)cc1. The number of rotatable bonds is 4. The lowest BCUT2D eigenvalue weighted by Crippen LogP contribution is -2.20. The first-order valence-corrected chi connectivity index (χ1v) is 9.84. The van der Waals surface area contributed by atoms with Crippen molar-refractivity contribution >= 4 is 23.5 Å². The van der Waals surface area contributed by atoms with E-state index >= 15 is 0 Å². The van der Waals surface area contributed by atoms with E-state index in [-0.39, 0.29) is 0 Å².